The van der Waals surface area contributed by atoms with E-state index in [2.05, 4.69) is 5.32 Å². The summed E-state index contributed by atoms with van der Waals surface area (Å²) in [5.74, 6) is -0.231. The highest BCUT2D eigenvalue weighted by atomic mass is 35.5. The summed E-state index contributed by atoms with van der Waals surface area (Å²) in [7, 11) is 0. The van der Waals surface area contributed by atoms with Crippen LogP contribution < -0.4 is 10.2 Å². The second-order valence-electron chi connectivity index (χ2n) is 6.79. The normalized spacial score (nSPS) is 15.1. The number of hydrogen-bond acceptors (Lipinski definition) is 7. The lowest BCUT2D eigenvalue weighted by Gasteiger charge is -2.28. The molecule has 1 aliphatic heterocycles. The van der Waals surface area contributed by atoms with Crippen molar-refractivity contribution in [1.82, 2.24) is 5.32 Å². The Labute approximate surface area is 202 Å². The van der Waals surface area contributed by atoms with E-state index in [1.54, 1.807) is 48.5 Å². The van der Waals surface area contributed by atoms with Crippen LogP contribution in [-0.2, 0) is 15.3 Å². The summed E-state index contributed by atoms with van der Waals surface area (Å²) in [4.78, 5) is 38.3. The zero-order valence-corrected chi connectivity index (χ0v) is 19.1. The van der Waals surface area contributed by atoms with Crippen molar-refractivity contribution in [2.75, 3.05) is 4.90 Å². The molecule has 33 heavy (non-hydrogen) atoms. The zero-order chi connectivity index (χ0) is 23.5. The number of amides is 2. The van der Waals surface area contributed by atoms with E-state index in [1.165, 1.54) is 35.1 Å². The molecule has 0 saturated carbocycles. The van der Waals surface area contributed by atoms with Gasteiger partial charge in [0.2, 0.25) is 0 Å². The van der Waals surface area contributed by atoms with Gasteiger partial charge in [-0.15, -0.1) is 11.8 Å². The van der Waals surface area contributed by atoms with Crippen LogP contribution in [0.2, 0.25) is 5.02 Å². The Morgan fingerprint density at radius 3 is 2.61 bits per heavy atom. The number of benzene rings is 2. The number of rotatable bonds is 6. The molecule has 2 aromatic carbocycles. The minimum atomic E-state index is -0.686. The van der Waals surface area contributed by atoms with Crippen LogP contribution in [0.1, 0.15) is 11.3 Å². The molecule has 3 aromatic rings. The van der Waals surface area contributed by atoms with Gasteiger partial charge in [0.1, 0.15) is 11.3 Å². The van der Waals surface area contributed by atoms with Gasteiger partial charge >= 0.3 is 0 Å². The summed E-state index contributed by atoms with van der Waals surface area (Å²) in [5, 5.41) is 14.5. The van der Waals surface area contributed by atoms with Crippen LogP contribution in [0.5, 0.6) is 0 Å². The molecule has 1 aliphatic rings. The van der Waals surface area contributed by atoms with E-state index in [-0.39, 0.29) is 16.4 Å². The van der Waals surface area contributed by atoms with Crippen LogP contribution >= 0.6 is 35.6 Å². The van der Waals surface area contributed by atoms with E-state index in [1.807, 2.05) is 0 Å². The number of thiocarbonyl (C=S) groups is 1. The predicted octanol–water partition coefficient (Wildman–Crippen LogP) is 4.96. The molecule has 11 heteroatoms. The lowest BCUT2D eigenvalue weighted by molar-refractivity contribution is -0.387. The smallest absolute Gasteiger partial charge is 0.283 e. The number of nitrogens with one attached hydrogen (secondary N) is 1. The monoisotopic (exact) mass is 499 g/mol. The van der Waals surface area contributed by atoms with Gasteiger partial charge in [-0.1, -0.05) is 17.7 Å². The Morgan fingerprint density at radius 2 is 1.94 bits per heavy atom. The van der Waals surface area contributed by atoms with E-state index in [0.717, 1.165) is 0 Å². The molecule has 166 valence electrons. The Balaban J connectivity index is 1.64. The fraction of sp³-hybridized carbons (Fsp3) is 0.0455. The van der Waals surface area contributed by atoms with E-state index < -0.39 is 16.7 Å². The maximum absolute atomic E-state index is 13.1. The number of thioether (sulfide) groups is 1. The number of carbonyl (C=O) groups is 2. The topological polar surface area (TPSA) is 106 Å². The summed E-state index contributed by atoms with van der Waals surface area (Å²) in [5.41, 5.74) is 0.404. The standard InChI is InChI=1S/C22H14ClN3O5S2/c23-14-4-6-15(7-5-14)25-21(28)17(20(27)24-22(25)32)10-13-3-8-19(18(11-13)26(29)30)33-12-16-2-1-9-31-16/h1-11H,12H2,(H,24,27,32)/b17-10+. The summed E-state index contributed by atoms with van der Waals surface area (Å²) in [6, 6.07) is 14.4. The number of nitrogens with zero attached hydrogens (tertiary/aromatic N) is 2. The number of carbonyl (C=O) groups excluding carboxylic acids is 2. The van der Waals surface area contributed by atoms with Gasteiger partial charge in [-0.3, -0.25) is 29.9 Å². The van der Waals surface area contributed by atoms with Gasteiger partial charge < -0.3 is 4.42 Å². The van der Waals surface area contributed by atoms with E-state index in [9.17, 15) is 19.7 Å². The number of hydrogen-bond donors (Lipinski definition) is 1. The molecule has 1 aromatic heterocycles. The van der Waals surface area contributed by atoms with Crippen LogP contribution in [0.3, 0.4) is 0 Å². The molecule has 0 unspecified atom stereocenters. The second-order valence-corrected chi connectivity index (χ2v) is 8.63. The Bertz CT molecular complexity index is 1290. The average Bonchev–Trinajstić information content (AvgIpc) is 3.30. The van der Waals surface area contributed by atoms with Gasteiger partial charge in [-0.05, 0) is 66.3 Å². The van der Waals surface area contributed by atoms with Crippen molar-refractivity contribution in [2.24, 2.45) is 0 Å². The van der Waals surface area contributed by atoms with Crippen molar-refractivity contribution in [3.05, 3.63) is 92.9 Å². The van der Waals surface area contributed by atoms with Crippen molar-refractivity contribution in [3.63, 3.8) is 0 Å². The number of nitro benzene ring substituents is 1. The molecule has 1 fully saturated rings. The molecule has 2 amide bonds. The fourth-order valence-corrected chi connectivity index (χ4v) is 4.40. The van der Waals surface area contributed by atoms with Gasteiger partial charge in [0.25, 0.3) is 17.5 Å². The number of nitro groups is 1. The van der Waals surface area contributed by atoms with Crippen LogP contribution in [0, 0.1) is 10.1 Å². The average molecular weight is 500 g/mol. The van der Waals surface area contributed by atoms with Gasteiger partial charge in [-0.2, -0.15) is 0 Å². The van der Waals surface area contributed by atoms with E-state index >= 15 is 0 Å². The molecular weight excluding hydrogens is 486 g/mol. The van der Waals surface area contributed by atoms with Crippen molar-refractivity contribution >= 4 is 70.0 Å². The summed E-state index contributed by atoms with van der Waals surface area (Å²) >= 11 is 12.3. The van der Waals surface area contributed by atoms with Gasteiger partial charge in [-0.25, -0.2) is 0 Å². The molecule has 8 nitrogen and oxygen atoms in total. The molecule has 0 bridgehead atoms. The third-order valence-electron chi connectivity index (χ3n) is 4.63. The molecule has 0 radical (unpaired) electrons. The minimum absolute atomic E-state index is 0.0693. The Morgan fingerprint density at radius 1 is 1.18 bits per heavy atom. The van der Waals surface area contributed by atoms with Crippen LogP contribution in [0.15, 0.2) is 75.7 Å². The number of anilines is 1. The first-order valence-corrected chi connectivity index (χ1v) is 11.2. The summed E-state index contributed by atoms with van der Waals surface area (Å²) < 4.78 is 5.26. The van der Waals surface area contributed by atoms with Gasteiger partial charge in [0.15, 0.2) is 5.11 Å². The molecule has 1 saturated heterocycles. The van der Waals surface area contributed by atoms with E-state index in [0.29, 0.717) is 32.7 Å². The first kappa shape index (κ1) is 22.7. The maximum Gasteiger partial charge on any atom is 0.283 e. The Kier molecular flexibility index (Phi) is 6.59. The van der Waals surface area contributed by atoms with Crippen molar-refractivity contribution in [1.29, 1.82) is 0 Å². The first-order chi connectivity index (χ1) is 15.8. The molecule has 0 spiro atoms. The van der Waals surface area contributed by atoms with Crippen molar-refractivity contribution < 1.29 is 18.9 Å². The highest BCUT2D eigenvalue weighted by molar-refractivity contribution is 7.98. The van der Waals surface area contributed by atoms with Gasteiger partial charge in [0.05, 0.1) is 27.5 Å². The minimum Gasteiger partial charge on any atom is -0.468 e. The van der Waals surface area contributed by atoms with Gasteiger partial charge in [0, 0.05) is 11.1 Å². The molecular formula is C22H14ClN3O5S2. The SMILES string of the molecule is O=C1NC(=S)N(c2ccc(Cl)cc2)C(=O)/C1=C/c1ccc(SCc2ccco2)c([N+](=O)[O-])c1. The number of halogens is 1. The maximum atomic E-state index is 13.1. The fourth-order valence-electron chi connectivity index (χ4n) is 3.08. The van der Waals surface area contributed by atoms with Crippen LogP contribution in [-0.4, -0.2) is 21.9 Å². The van der Waals surface area contributed by atoms with E-state index in [4.69, 9.17) is 28.2 Å². The van der Waals surface area contributed by atoms with Crippen molar-refractivity contribution in [3.8, 4) is 0 Å². The zero-order valence-electron chi connectivity index (χ0n) is 16.7. The highest BCUT2D eigenvalue weighted by Crippen LogP contribution is 2.33. The predicted molar refractivity (Wildman–Crippen MR) is 129 cm³/mol. The van der Waals surface area contributed by atoms with Crippen LogP contribution in [0.25, 0.3) is 6.08 Å². The molecule has 4 rings (SSSR count). The highest BCUT2D eigenvalue weighted by Gasteiger charge is 2.34. The third-order valence-corrected chi connectivity index (χ3v) is 6.25. The largest absolute Gasteiger partial charge is 0.468 e. The van der Waals surface area contributed by atoms with Crippen LogP contribution in [0.4, 0.5) is 11.4 Å². The first-order valence-electron chi connectivity index (χ1n) is 9.44. The molecule has 2 heterocycles. The summed E-state index contributed by atoms with van der Waals surface area (Å²) in [6.07, 6.45) is 2.83. The molecule has 0 atom stereocenters. The lowest BCUT2D eigenvalue weighted by atomic mass is 10.1. The summed E-state index contributed by atoms with van der Waals surface area (Å²) in [6.45, 7) is 0. The molecule has 1 N–H and O–H groups in total. The molecule has 0 aliphatic carbocycles. The second kappa shape index (κ2) is 9.57. The quantitative estimate of drug-likeness (QED) is 0.127. The number of furan rings is 1. The lowest BCUT2D eigenvalue weighted by Crippen LogP contribution is -2.54. The third kappa shape index (κ3) is 4.98. The van der Waals surface area contributed by atoms with Crippen molar-refractivity contribution in [2.45, 2.75) is 10.6 Å². The Hall–Kier alpha value is -3.47.